The van der Waals surface area contributed by atoms with Gasteiger partial charge in [-0.2, -0.15) is 0 Å². The molecule has 2 aliphatic rings. The third-order valence-corrected chi connectivity index (χ3v) is 7.83. The minimum atomic E-state index is 0.0313. The molecule has 2 fully saturated rings. The fourth-order valence-electron chi connectivity index (χ4n) is 5.77. The summed E-state index contributed by atoms with van der Waals surface area (Å²) in [4.78, 5) is 18.2. The van der Waals surface area contributed by atoms with E-state index < -0.39 is 0 Å². The lowest BCUT2D eigenvalue weighted by molar-refractivity contribution is -0.138. The summed E-state index contributed by atoms with van der Waals surface area (Å²) >= 11 is 6.11. The van der Waals surface area contributed by atoms with Crippen LogP contribution in [0.25, 0.3) is 0 Å². The molecule has 2 atom stereocenters. The third-order valence-electron chi connectivity index (χ3n) is 7.58. The molecule has 0 radical (unpaired) electrons. The van der Waals surface area contributed by atoms with Crippen molar-refractivity contribution in [2.75, 3.05) is 26.7 Å². The number of likely N-dealkylation sites (tertiary alicyclic amines) is 1. The van der Waals surface area contributed by atoms with E-state index in [2.05, 4.69) is 40.1 Å². The van der Waals surface area contributed by atoms with Crippen LogP contribution in [-0.2, 0) is 11.3 Å². The van der Waals surface area contributed by atoms with Crippen LogP contribution in [-0.4, -0.2) is 48.5 Å². The Labute approximate surface area is 210 Å². The number of carbonyl (C=O) groups is 1. The highest BCUT2D eigenvalue weighted by Crippen LogP contribution is 2.37. The molecule has 4 nitrogen and oxygen atoms in total. The third kappa shape index (κ3) is 6.14. The molecule has 1 heterocycles. The molecule has 2 aromatic carbocycles. The molecule has 1 aliphatic carbocycles. The SMILES string of the molecule is COc1cccc(C2CN(Cc3ccc(Cl)cc3)CC2CN(C(=O)C(C)C)C2CCCCC2)c1. The molecule has 2 unspecified atom stereocenters. The van der Waals surface area contributed by atoms with Crippen LogP contribution in [0.1, 0.15) is 63.0 Å². The Hall–Kier alpha value is -2.04. The molecule has 0 spiro atoms. The summed E-state index contributed by atoms with van der Waals surface area (Å²) in [5.74, 6) is 2.00. The monoisotopic (exact) mass is 482 g/mol. The van der Waals surface area contributed by atoms with Crippen molar-refractivity contribution in [3.05, 3.63) is 64.7 Å². The minimum Gasteiger partial charge on any atom is -0.497 e. The first-order chi connectivity index (χ1) is 16.4. The fourth-order valence-corrected chi connectivity index (χ4v) is 5.89. The molecule has 0 bridgehead atoms. The van der Waals surface area contributed by atoms with Gasteiger partial charge in [-0.25, -0.2) is 0 Å². The average molecular weight is 483 g/mol. The maximum atomic E-state index is 13.4. The topological polar surface area (TPSA) is 32.8 Å². The van der Waals surface area contributed by atoms with Crippen molar-refractivity contribution in [3.8, 4) is 5.75 Å². The second kappa shape index (κ2) is 11.6. The van der Waals surface area contributed by atoms with Crippen molar-refractivity contribution < 1.29 is 9.53 Å². The van der Waals surface area contributed by atoms with Crippen molar-refractivity contribution in [2.24, 2.45) is 11.8 Å². The van der Waals surface area contributed by atoms with Crippen LogP contribution >= 0.6 is 11.6 Å². The van der Waals surface area contributed by atoms with Crippen LogP contribution < -0.4 is 4.74 Å². The van der Waals surface area contributed by atoms with Crippen LogP contribution in [0.3, 0.4) is 0 Å². The minimum absolute atomic E-state index is 0.0313. The molecule has 1 amide bonds. The first kappa shape index (κ1) is 25.1. The van der Waals surface area contributed by atoms with Gasteiger partial charge >= 0.3 is 0 Å². The molecule has 5 heteroatoms. The lowest BCUT2D eigenvalue weighted by Crippen LogP contribution is -2.47. The highest BCUT2D eigenvalue weighted by Gasteiger charge is 2.38. The fraction of sp³-hybridized carbons (Fsp3) is 0.552. The number of benzene rings is 2. The van der Waals surface area contributed by atoms with E-state index in [4.69, 9.17) is 16.3 Å². The van der Waals surface area contributed by atoms with Gasteiger partial charge in [-0.05, 0) is 54.2 Å². The molecule has 1 saturated carbocycles. The van der Waals surface area contributed by atoms with Gasteiger partial charge in [0.1, 0.15) is 5.75 Å². The summed E-state index contributed by atoms with van der Waals surface area (Å²) in [6.45, 7) is 7.78. The number of carbonyl (C=O) groups excluding carboxylic acids is 1. The van der Waals surface area contributed by atoms with E-state index in [1.54, 1.807) is 7.11 Å². The molecule has 1 aliphatic heterocycles. The Kier molecular flexibility index (Phi) is 8.55. The Morgan fingerprint density at radius 1 is 1.09 bits per heavy atom. The van der Waals surface area contributed by atoms with Crippen LogP contribution in [0.15, 0.2) is 48.5 Å². The Morgan fingerprint density at radius 3 is 2.50 bits per heavy atom. The number of hydrogen-bond acceptors (Lipinski definition) is 3. The number of rotatable bonds is 8. The molecule has 4 rings (SSSR count). The van der Waals surface area contributed by atoms with Crippen molar-refractivity contribution in [2.45, 2.75) is 64.5 Å². The molecule has 1 saturated heterocycles. The van der Waals surface area contributed by atoms with Gasteiger partial charge in [0.25, 0.3) is 0 Å². The summed E-state index contributed by atoms with van der Waals surface area (Å²) in [6, 6.07) is 17.1. The Balaban J connectivity index is 1.58. The smallest absolute Gasteiger partial charge is 0.225 e. The van der Waals surface area contributed by atoms with E-state index in [0.717, 1.165) is 49.8 Å². The van der Waals surface area contributed by atoms with Gasteiger partial charge in [-0.1, -0.05) is 69.0 Å². The van der Waals surface area contributed by atoms with Crippen molar-refractivity contribution in [1.82, 2.24) is 9.80 Å². The summed E-state index contributed by atoms with van der Waals surface area (Å²) < 4.78 is 5.54. The van der Waals surface area contributed by atoms with Gasteiger partial charge in [0, 0.05) is 49.1 Å². The lowest BCUT2D eigenvalue weighted by Gasteiger charge is -2.38. The van der Waals surface area contributed by atoms with E-state index in [0.29, 0.717) is 23.8 Å². The molecule has 184 valence electrons. The van der Waals surface area contributed by atoms with Gasteiger partial charge in [-0.15, -0.1) is 0 Å². The second-order valence-corrected chi connectivity index (χ2v) is 10.8. The number of methoxy groups -OCH3 is 1. The maximum Gasteiger partial charge on any atom is 0.225 e. The van der Waals surface area contributed by atoms with Crippen LogP contribution in [0, 0.1) is 11.8 Å². The van der Waals surface area contributed by atoms with Crippen molar-refractivity contribution in [1.29, 1.82) is 0 Å². The molecular weight excluding hydrogens is 444 g/mol. The highest BCUT2D eigenvalue weighted by molar-refractivity contribution is 6.30. The lowest BCUT2D eigenvalue weighted by atomic mass is 9.86. The first-order valence-corrected chi connectivity index (χ1v) is 13.2. The first-order valence-electron chi connectivity index (χ1n) is 12.9. The van der Waals surface area contributed by atoms with Crippen molar-refractivity contribution in [3.63, 3.8) is 0 Å². The number of amides is 1. The highest BCUT2D eigenvalue weighted by atomic mass is 35.5. The standard InChI is InChI=1S/C29H39ClN2O2/c1-21(2)29(33)32(26-9-5-4-6-10-26)19-24-18-31(17-22-12-14-25(30)15-13-22)20-28(24)23-8-7-11-27(16-23)34-3/h7-8,11-16,21,24,26,28H,4-6,9-10,17-20H2,1-3H3. The Morgan fingerprint density at radius 2 is 1.82 bits per heavy atom. The van der Waals surface area contributed by atoms with Gasteiger partial charge in [-0.3, -0.25) is 9.69 Å². The van der Waals surface area contributed by atoms with Crippen LogP contribution in [0.2, 0.25) is 5.02 Å². The normalized spacial score (nSPS) is 21.7. The predicted octanol–water partition coefficient (Wildman–Crippen LogP) is 6.38. The molecule has 2 aromatic rings. The molecule has 0 aromatic heterocycles. The zero-order valence-electron chi connectivity index (χ0n) is 20.9. The van der Waals surface area contributed by atoms with Gasteiger partial charge in [0.2, 0.25) is 5.91 Å². The van der Waals surface area contributed by atoms with E-state index in [1.165, 1.54) is 30.4 Å². The summed E-state index contributed by atoms with van der Waals surface area (Å²) in [6.07, 6.45) is 6.05. The van der Waals surface area contributed by atoms with Gasteiger partial charge < -0.3 is 9.64 Å². The molecule has 0 N–H and O–H groups in total. The van der Waals surface area contributed by atoms with E-state index in [9.17, 15) is 4.79 Å². The van der Waals surface area contributed by atoms with Gasteiger partial charge in [0.05, 0.1) is 7.11 Å². The van der Waals surface area contributed by atoms with E-state index >= 15 is 0 Å². The van der Waals surface area contributed by atoms with Crippen molar-refractivity contribution >= 4 is 17.5 Å². The number of hydrogen-bond donors (Lipinski definition) is 0. The number of nitrogens with zero attached hydrogens (tertiary/aromatic N) is 2. The second-order valence-electron chi connectivity index (χ2n) is 10.4. The predicted molar refractivity (Wildman–Crippen MR) is 139 cm³/mol. The molecule has 34 heavy (non-hydrogen) atoms. The zero-order valence-corrected chi connectivity index (χ0v) is 21.6. The van der Waals surface area contributed by atoms with Crippen LogP contribution in [0.5, 0.6) is 5.75 Å². The van der Waals surface area contributed by atoms with Gasteiger partial charge in [0.15, 0.2) is 0 Å². The van der Waals surface area contributed by atoms with E-state index in [1.807, 2.05) is 32.0 Å². The largest absolute Gasteiger partial charge is 0.497 e. The maximum absolute atomic E-state index is 13.4. The number of ether oxygens (including phenoxy) is 1. The zero-order chi connectivity index (χ0) is 24.1. The van der Waals surface area contributed by atoms with E-state index in [-0.39, 0.29) is 5.92 Å². The summed E-state index contributed by atoms with van der Waals surface area (Å²) in [5, 5.41) is 0.771. The molecular formula is C29H39ClN2O2. The number of halogens is 1. The average Bonchev–Trinajstić information content (AvgIpc) is 3.26. The summed E-state index contributed by atoms with van der Waals surface area (Å²) in [5.41, 5.74) is 2.58. The summed E-state index contributed by atoms with van der Waals surface area (Å²) in [7, 11) is 1.73. The quantitative estimate of drug-likeness (QED) is 0.437. The van der Waals surface area contributed by atoms with Crippen LogP contribution in [0.4, 0.5) is 0 Å². The Bertz CT molecular complexity index is 939.